The van der Waals surface area contributed by atoms with Crippen molar-refractivity contribution in [2.75, 3.05) is 23.9 Å². The molecule has 0 spiro atoms. The normalized spacial score (nSPS) is 16.8. The third-order valence-corrected chi connectivity index (χ3v) is 4.06. The summed E-state index contributed by atoms with van der Waals surface area (Å²) in [5, 5.41) is 2.41. The Bertz CT molecular complexity index is 826. The number of benzene rings is 2. The van der Waals surface area contributed by atoms with Crippen molar-refractivity contribution in [2.45, 2.75) is 6.42 Å². The lowest BCUT2D eigenvalue weighted by Crippen LogP contribution is -2.28. The van der Waals surface area contributed by atoms with Crippen LogP contribution in [0.5, 0.6) is 5.75 Å². The van der Waals surface area contributed by atoms with Crippen molar-refractivity contribution < 1.29 is 23.1 Å². The number of para-hydroxylation sites is 2. The number of anilines is 2. The largest absolute Gasteiger partial charge is 0.495 e. The zero-order valence-electron chi connectivity index (χ0n) is 13.5. The van der Waals surface area contributed by atoms with E-state index in [1.807, 2.05) is 0 Å². The number of nitrogens with zero attached hydrogens (tertiary/aromatic N) is 1. The van der Waals surface area contributed by atoms with Crippen LogP contribution in [0.3, 0.4) is 0 Å². The fourth-order valence-electron chi connectivity index (χ4n) is 2.79. The molecule has 2 aromatic rings. The first-order valence-electron chi connectivity index (χ1n) is 7.69. The van der Waals surface area contributed by atoms with Crippen LogP contribution in [-0.2, 0) is 9.59 Å². The van der Waals surface area contributed by atoms with E-state index in [0.29, 0.717) is 17.5 Å². The summed E-state index contributed by atoms with van der Waals surface area (Å²) in [6.07, 6.45) is 0.00664. The Hall–Kier alpha value is -2.96. The number of rotatable bonds is 4. The minimum atomic E-state index is -0.862. The van der Waals surface area contributed by atoms with Gasteiger partial charge in [-0.15, -0.1) is 0 Å². The van der Waals surface area contributed by atoms with E-state index in [9.17, 15) is 18.4 Å². The zero-order valence-corrected chi connectivity index (χ0v) is 13.5. The van der Waals surface area contributed by atoms with E-state index in [2.05, 4.69) is 5.32 Å². The average Bonchev–Trinajstić information content (AvgIpc) is 2.99. The van der Waals surface area contributed by atoms with Crippen LogP contribution in [0, 0.1) is 17.6 Å². The van der Waals surface area contributed by atoms with Gasteiger partial charge >= 0.3 is 0 Å². The van der Waals surface area contributed by atoms with Crippen molar-refractivity contribution >= 4 is 23.2 Å². The quantitative estimate of drug-likeness (QED) is 0.926. The maximum atomic E-state index is 13.7. The Morgan fingerprint density at radius 3 is 2.72 bits per heavy atom. The van der Waals surface area contributed by atoms with Crippen LogP contribution in [0.15, 0.2) is 42.5 Å². The second kappa shape index (κ2) is 6.88. The number of hydrogen-bond donors (Lipinski definition) is 1. The second-order valence-electron chi connectivity index (χ2n) is 5.69. The van der Waals surface area contributed by atoms with E-state index < -0.39 is 23.5 Å². The number of halogens is 2. The smallest absolute Gasteiger partial charge is 0.229 e. The summed E-state index contributed by atoms with van der Waals surface area (Å²) in [7, 11) is 1.50. The topological polar surface area (TPSA) is 58.6 Å². The van der Waals surface area contributed by atoms with E-state index in [1.165, 1.54) is 12.0 Å². The molecule has 0 saturated carbocycles. The summed E-state index contributed by atoms with van der Waals surface area (Å²) in [6.45, 7) is 0.161. The molecule has 1 aliphatic heterocycles. The molecular weight excluding hydrogens is 330 g/mol. The minimum Gasteiger partial charge on any atom is -0.495 e. The van der Waals surface area contributed by atoms with E-state index in [0.717, 1.165) is 12.1 Å². The first-order chi connectivity index (χ1) is 12.0. The van der Waals surface area contributed by atoms with Gasteiger partial charge in [-0.25, -0.2) is 8.78 Å². The lowest BCUT2D eigenvalue weighted by molar-refractivity contribution is -0.122. The Kier molecular flexibility index (Phi) is 4.65. The summed E-state index contributed by atoms with van der Waals surface area (Å²) < 4.78 is 31.8. The van der Waals surface area contributed by atoms with Crippen LogP contribution >= 0.6 is 0 Å². The number of hydrogen-bond acceptors (Lipinski definition) is 3. The molecule has 1 heterocycles. The Labute approximate surface area is 143 Å². The molecule has 25 heavy (non-hydrogen) atoms. The van der Waals surface area contributed by atoms with Crippen LogP contribution in [0.1, 0.15) is 6.42 Å². The van der Waals surface area contributed by atoms with Gasteiger partial charge in [-0.1, -0.05) is 12.1 Å². The van der Waals surface area contributed by atoms with Crippen molar-refractivity contribution in [3.05, 3.63) is 54.1 Å². The summed E-state index contributed by atoms with van der Waals surface area (Å²) >= 11 is 0. The molecule has 0 aliphatic carbocycles. The monoisotopic (exact) mass is 346 g/mol. The highest BCUT2D eigenvalue weighted by Crippen LogP contribution is 2.33. The fourth-order valence-corrected chi connectivity index (χ4v) is 2.79. The van der Waals surface area contributed by atoms with Gasteiger partial charge in [0, 0.05) is 19.0 Å². The second-order valence-corrected chi connectivity index (χ2v) is 5.69. The molecule has 1 atom stereocenters. The van der Waals surface area contributed by atoms with Crippen molar-refractivity contribution in [2.24, 2.45) is 5.92 Å². The lowest BCUT2D eigenvalue weighted by atomic mass is 10.1. The lowest BCUT2D eigenvalue weighted by Gasteiger charge is -2.19. The van der Waals surface area contributed by atoms with Crippen molar-refractivity contribution in [3.8, 4) is 5.75 Å². The van der Waals surface area contributed by atoms with Gasteiger partial charge in [0.1, 0.15) is 17.4 Å². The summed E-state index contributed by atoms with van der Waals surface area (Å²) in [4.78, 5) is 26.1. The first-order valence-corrected chi connectivity index (χ1v) is 7.69. The van der Waals surface area contributed by atoms with Crippen molar-refractivity contribution in [1.82, 2.24) is 0 Å². The number of nitrogens with one attached hydrogen (secondary N) is 1. The third-order valence-electron chi connectivity index (χ3n) is 4.06. The van der Waals surface area contributed by atoms with Gasteiger partial charge in [0.25, 0.3) is 0 Å². The van der Waals surface area contributed by atoms with Crippen molar-refractivity contribution in [1.29, 1.82) is 0 Å². The Morgan fingerprint density at radius 2 is 2.00 bits per heavy atom. The number of ether oxygens (including phenoxy) is 1. The predicted molar refractivity (Wildman–Crippen MR) is 88.4 cm³/mol. The number of carbonyl (C=O) groups excluding carboxylic acids is 2. The number of carbonyl (C=O) groups is 2. The van der Waals surface area contributed by atoms with Gasteiger partial charge in [-0.05, 0) is 24.3 Å². The Balaban J connectivity index is 1.74. The molecule has 3 rings (SSSR count). The van der Waals surface area contributed by atoms with Gasteiger partial charge in [-0.3, -0.25) is 9.59 Å². The molecule has 1 N–H and O–H groups in total. The molecule has 1 fully saturated rings. The van der Waals surface area contributed by atoms with E-state index in [4.69, 9.17) is 4.74 Å². The van der Waals surface area contributed by atoms with Gasteiger partial charge in [0.15, 0.2) is 0 Å². The van der Waals surface area contributed by atoms with Crippen LogP contribution in [0.2, 0.25) is 0 Å². The molecule has 1 aliphatic rings. The molecule has 130 valence electrons. The van der Waals surface area contributed by atoms with E-state index >= 15 is 0 Å². The van der Waals surface area contributed by atoms with E-state index in [-0.39, 0.29) is 24.6 Å². The molecular formula is C18H16F2N2O3. The number of amides is 2. The summed E-state index contributed by atoms with van der Waals surface area (Å²) in [5.74, 6) is -2.41. The van der Waals surface area contributed by atoms with Crippen LogP contribution in [-0.4, -0.2) is 25.5 Å². The van der Waals surface area contributed by atoms with E-state index in [1.54, 1.807) is 24.3 Å². The minimum absolute atomic E-state index is 0.00664. The molecule has 2 amide bonds. The third kappa shape index (κ3) is 3.45. The van der Waals surface area contributed by atoms with Crippen LogP contribution < -0.4 is 15.0 Å². The fraction of sp³-hybridized carbons (Fsp3) is 0.222. The molecule has 0 aromatic heterocycles. The SMILES string of the molecule is COc1ccccc1N1CC(C(=O)Nc2ccc(F)cc2F)CC1=O. The van der Waals surface area contributed by atoms with Crippen LogP contribution in [0.4, 0.5) is 20.2 Å². The summed E-state index contributed by atoms with van der Waals surface area (Å²) in [6, 6.07) is 9.91. The molecule has 0 bridgehead atoms. The molecule has 1 unspecified atom stereocenters. The van der Waals surface area contributed by atoms with Gasteiger partial charge in [0.05, 0.1) is 24.4 Å². The number of methoxy groups -OCH3 is 1. The first kappa shape index (κ1) is 16.9. The average molecular weight is 346 g/mol. The predicted octanol–water partition coefficient (Wildman–Crippen LogP) is 2.97. The summed E-state index contributed by atoms with van der Waals surface area (Å²) in [5.41, 5.74) is 0.466. The van der Waals surface area contributed by atoms with Crippen molar-refractivity contribution in [3.63, 3.8) is 0 Å². The molecule has 7 heteroatoms. The highest BCUT2D eigenvalue weighted by atomic mass is 19.1. The van der Waals surface area contributed by atoms with Crippen LogP contribution in [0.25, 0.3) is 0 Å². The van der Waals surface area contributed by atoms with Gasteiger partial charge in [0.2, 0.25) is 11.8 Å². The maximum Gasteiger partial charge on any atom is 0.229 e. The maximum absolute atomic E-state index is 13.7. The highest BCUT2D eigenvalue weighted by Gasteiger charge is 2.36. The standard InChI is InChI=1S/C18H16F2N2O3/c1-25-16-5-3-2-4-15(16)22-10-11(8-17(22)23)18(24)21-14-7-6-12(19)9-13(14)20/h2-7,9,11H,8,10H2,1H3,(H,21,24). The highest BCUT2D eigenvalue weighted by molar-refractivity contribution is 6.04. The zero-order chi connectivity index (χ0) is 18.0. The molecule has 1 saturated heterocycles. The molecule has 0 radical (unpaired) electrons. The van der Waals surface area contributed by atoms with Gasteiger partial charge in [-0.2, -0.15) is 0 Å². The molecule has 2 aromatic carbocycles. The molecule has 5 nitrogen and oxygen atoms in total. The van der Waals surface area contributed by atoms with Gasteiger partial charge < -0.3 is 15.0 Å². The Morgan fingerprint density at radius 1 is 1.24 bits per heavy atom.